The first-order chi connectivity index (χ1) is 24.8. The molecule has 53 heavy (non-hydrogen) atoms. The number of hydrogen-bond acceptors (Lipinski definition) is 8. The third-order valence-electron chi connectivity index (χ3n) is 8.34. The molecule has 5 N–H and O–H groups in total. The van der Waals surface area contributed by atoms with Crippen molar-refractivity contribution in [1.82, 2.24) is 18.8 Å². The Hall–Kier alpha value is -4.51. The average molecular weight is 782 g/mol. The van der Waals surface area contributed by atoms with E-state index in [1.807, 2.05) is 13.8 Å². The summed E-state index contributed by atoms with van der Waals surface area (Å²) in [5.41, 5.74) is 6.29. The van der Waals surface area contributed by atoms with Gasteiger partial charge in [0.1, 0.15) is 11.8 Å². The number of alkyl halides is 3. The molecule has 17 heteroatoms. The van der Waals surface area contributed by atoms with Gasteiger partial charge in [0.25, 0.3) is 0 Å². The van der Waals surface area contributed by atoms with Crippen LogP contribution >= 0.6 is 11.6 Å². The molecule has 288 valence electrons. The summed E-state index contributed by atoms with van der Waals surface area (Å²) in [5, 5.41) is 25.5. The number of ether oxygens (including phenoxy) is 1. The summed E-state index contributed by atoms with van der Waals surface area (Å²) in [6, 6.07) is 15.4. The summed E-state index contributed by atoms with van der Waals surface area (Å²) in [6.07, 6.45) is -5.14. The van der Waals surface area contributed by atoms with Crippen LogP contribution in [0.3, 0.4) is 0 Å². The number of halogens is 4. The Morgan fingerprint density at radius 2 is 1.64 bits per heavy atom. The molecule has 0 radical (unpaired) electrons. The monoisotopic (exact) mass is 781 g/mol. The Kier molecular flexibility index (Phi) is 13.3. The number of anilines is 1. The SMILES string of the molecule is CC(C)CN(C[C@@H](O)[C@H](Cc1ccccc1)NC(=O)[C@H](C(C)C)n1cc(O)n(Cc2ccc(OC(F)(F)F)cc2)c1=O)S(=O)(=O)c1ccc(Cl)c(N)c1. The van der Waals surface area contributed by atoms with Gasteiger partial charge in [0.15, 0.2) is 0 Å². The van der Waals surface area contributed by atoms with Crippen LogP contribution < -0.4 is 21.5 Å². The second kappa shape index (κ2) is 17.1. The lowest BCUT2D eigenvalue weighted by Gasteiger charge is -2.32. The van der Waals surface area contributed by atoms with E-state index in [1.165, 1.54) is 30.3 Å². The van der Waals surface area contributed by atoms with E-state index >= 15 is 0 Å². The molecule has 3 atom stereocenters. The normalized spacial score (nSPS) is 14.0. The fourth-order valence-electron chi connectivity index (χ4n) is 5.83. The largest absolute Gasteiger partial charge is 0.573 e. The predicted molar refractivity (Wildman–Crippen MR) is 194 cm³/mol. The van der Waals surface area contributed by atoms with Crippen molar-refractivity contribution in [1.29, 1.82) is 0 Å². The number of aliphatic hydroxyl groups is 1. The maximum atomic E-state index is 14.1. The molecule has 3 aromatic carbocycles. The van der Waals surface area contributed by atoms with Crippen molar-refractivity contribution in [3.05, 3.63) is 106 Å². The van der Waals surface area contributed by atoms with Gasteiger partial charge in [0.2, 0.25) is 21.8 Å². The van der Waals surface area contributed by atoms with E-state index in [1.54, 1.807) is 44.2 Å². The van der Waals surface area contributed by atoms with Crippen molar-refractivity contribution < 1.29 is 41.3 Å². The van der Waals surface area contributed by atoms with Gasteiger partial charge in [-0.05, 0) is 59.7 Å². The van der Waals surface area contributed by atoms with E-state index in [-0.39, 0.29) is 41.0 Å². The van der Waals surface area contributed by atoms with Crippen molar-refractivity contribution in [2.24, 2.45) is 11.8 Å². The quantitative estimate of drug-likeness (QED) is 0.113. The average Bonchev–Trinajstić information content (AvgIpc) is 3.33. The van der Waals surface area contributed by atoms with E-state index in [4.69, 9.17) is 17.3 Å². The fourth-order valence-corrected chi connectivity index (χ4v) is 7.60. The van der Waals surface area contributed by atoms with Crippen LogP contribution in [0.5, 0.6) is 11.6 Å². The Balaban J connectivity index is 1.63. The van der Waals surface area contributed by atoms with Crippen LogP contribution in [0.25, 0.3) is 0 Å². The van der Waals surface area contributed by atoms with Crippen molar-refractivity contribution in [3.8, 4) is 11.6 Å². The van der Waals surface area contributed by atoms with Crippen molar-refractivity contribution in [2.45, 2.75) is 70.1 Å². The summed E-state index contributed by atoms with van der Waals surface area (Å²) in [7, 11) is -4.19. The van der Waals surface area contributed by atoms with Gasteiger partial charge in [-0.2, -0.15) is 4.31 Å². The molecule has 12 nitrogen and oxygen atoms in total. The molecule has 0 saturated carbocycles. The molecule has 0 spiro atoms. The molecule has 0 fully saturated rings. The number of amides is 1. The highest BCUT2D eigenvalue weighted by molar-refractivity contribution is 7.89. The number of carbonyl (C=O) groups excluding carboxylic acids is 1. The number of nitrogens with two attached hydrogens (primary N) is 1. The van der Waals surface area contributed by atoms with E-state index in [0.29, 0.717) is 5.56 Å². The molecule has 4 aromatic rings. The molecule has 4 rings (SSSR count). The number of aliphatic hydroxyl groups excluding tert-OH is 1. The Bertz CT molecular complexity index is 2020. The maximum Gasteiger partial charge on any atom is 0.573 e. The maximum absolute atomic E-state index is 14.1. The van der Waals surface area contributed by atoms with Crippen LogP contribution in [0.2, 0.25) is 5.02 Å². The van der Waals surface area contributed by atoms with Gasteiger partial charge in [-0.15, -0.1) is 13.2 Å². The van der Waals surface area contributed by atoms with Crippen LogP contribution in [0, 0.1) is 11.8 Å². The van der Waals surface area contributed by atoms with Gasteiger partial charge in [-0.25, -0.2) is 13.2 Å². The lowest BCUT2D eigenvalue weighted by Crippen LogP contribution is -2.53. The van der Waals surface area contributed by atoms with Crippen molar-refractivity contribution >= 4 is 33.2 Å². The van der Waals surface area contributed by atoms with Crippen molar-refractivity contribution in [2.75, 3.05) is 18.8 Å². The van der Waals surface area contributed by atoms with Gasteiger partial charge >= 0.3 is 12.1 Å². The summed E-state index contributed by atoms with van der Waals surface area (Å²) < 4.78 is 72.5. The first-order valence-electron chi connectivity index (χ1n) is 16.7. The molecular formula is C36H43ClF3N5O7S. The number of nitrogens with one attached hydrogen (secondary N) is 1. The highest BCUT2D eigenvalue weighted by atomic mass is 35.5. The topological polar surface area (TPSA) is 169 Å². The number of rotatable bonds is 16. The Morgan fingerprint density at radius 3 is 2.21 bits per heavy atom. The first-order valence-corrected chi connectivity index (χ1v) is 18.5. The Labute approximate surface area is 310 Å². The van der Waals surface area contributed by atoms with Gasteiger partial charge in [-0.3, -0.25) is 13.9 Å². The minimum atomic E-state index is -4.88. The summed E-state index contributed by atoms with van der Waals surface area (Å²) in [6.45, 7) is 6.39. The van der Waals surface area contributed by atoms with Crippen LogP contribution in [-0.2, 0) is 27.8 Å². The fraction of sp³-hybridized carbons (Fsp3) is 0.389. The second-order valence-electron chi connectivity index (χ2n) is 13.4. The highest BCUT2D eigenvalue weighted by Crippen LogP contribution is 2.27. The number of hydrogen-bond donors (Lipinski definition) is 4. The van der Waals surface area contributed by atoms with Crippen LogP contribution in [-0.4, -0.2) is 69.6 Å². The summed E-state index contributed by atoms with van der Waals surface area (Å²) in [5.74, 6) is -2.31. The van der Waals surface area contributed by atoms with E-state index < -0.39 is 70.3 Å². The molecule has 0 unspecified atom stereocenters. The minimum absolute atomic E-state index is 0.0306. The predicted octanol–water partition coefficient (Wildman–Crippen LogP) is 5.17. The molecule has 1 heterocycles. The zero-order chi connectivity index (χ0) is 39.2. The highest BCUT2D eigenvalue weighted by Gasteiger charge is 2.35. The number of aromatic nitrogens is 2. The summed E-state index contributed by atoms with van der Waals surface area (Å²) in [4.78, 5) is 27.6. The third kappa shape index (κ3) is 10.8. The zero-order valence-electron chi connectivity index (χ0n) is 29.5. The molecule has 0 aliphatic heterocycles. The number of nitrogens with zero attached hydrogens (tertiary/aromatic N) is 3. The minimum Gasteiger partial charge on any atom is -0.493 e. The lowest BCUT2D eigenvalue weighted by atomic mass is 9.98. The zero-order valence-corrected chi connectivity index (χ0v) is 31.1. The number of aromatic hydroxyl groups is 1. The van der Waals surface area contributed by atoms with Crippen LogP contribution in [0.4, 0.5) is 18.9 Å². The molecule has 0 aliphatic carbocycles. The summed E-state index contributed by atoms with van der Waals surface area (Å²) >= 11 is 6.03. The van der Waals surface area contributed by atoms with Gasteiger partial charge < -0.3 is 26.0 Å². The molecule has 0 saturated heterocycles. The number of nitrogen functional groups attached to an aromatic ring is 1. The number of carbonyl (C=O) groups is 1. The molecule has 1 amide bonds. The van der Waals surface area contributed by atoms with E-state index in [9.17, 15) is 41.4 Å². The van der Waals surface area contributed by atoms with Gasteiger partial charge in [0, 0.05) is 13.1 Å². The van der Waals surface area contributed by atoms with Gasteiger partial charge in [-0.1, -0.05) is 81.8 Å². The van der Waals surface area contributed by atoms with Gasteiger partial charge in [0.05, 0.1) is 40.5 Å². The van der Waals surface area contributed by atoms with E-state index in [2.05, 4.69) is 10.1 Å². The second-order valence-corrected chi connectivity index (χ2v) is 15.8. The number of sulfonamides is 1. The number of imidazole rings is 1. The molecule has 0 bridgehead atoms. The third-order valence-corrected chi connectivity index (χ3v) is 10.5. The Morgan fingerprint density at radius 1 is 1.00 bits per heavy atom. The molecule has 1 aromatic heterocycles. The number of benzene rings is 3. The smallest absolute Gasteiger partial charge is 0.493 e. The van der Waals surface area contributed by atoms with E-state index in [0.717, 1.165) is 37.3 Å². The molecule has 0 aliphatic rings. The molecular weight excluding hydrogens is 739 g/mol. The van der Waals surface area contributed by atoms with Crippen LogP contribution in [0.15, 0.2) is 88.7 Å². The van der Waals surface area contributed by atoms with Crippen molar-refractivity contribution in [3.63, 3.8) is 0 Å². The van der Waals surface area contributed by atoms with Crippen LogP contribution in [0.1, 0.15) is 44.9 Å². The standard InChI is InChI=1S/C36H43ClF3N5O7S/c1-22(2)18-43(53(50,51)27-14-15-28(37)29(41)17-27)20-31(46)30(16-24-8-6-5-7-9-24)42-34(48)33(23(3)4)45-21-32(47)44(35(45)49)19-25-10-12-26(13-11-25)52-36(38,39)40/h5-15,17,21-23,30-31,33,46-47H,16,18-20,41H2,1-4H3,(H,42,48)/t30-,31+,33-/m0/s1. The lowest BCUT2D eigenvalue weighted by molar-refractivity contribution is -0.274. The first kappa shape index (κ1) is 41.2.